The molecule has 0 bridgehead atoms. The van der Waals surface area contributed by atoms with Gasteiger partial charge in [-0.2, -0.15) is 0 Å². The van der Waals surface area contributed by atoms with Crippen molar-refractivity contribution < 1.29 is 19.1 Å². The molecule has 1 aromatic carbocycles. The molecule has 1 aliphatic rings. The maximum atomic E-state index is 12.6. The van der Waals surface area contributed by atoms with Gasteiger partial charge in [0.2, 0.25) is 11.8 Å². The van der Waals surface area contributed by atoms with Crippen molar-refractivity contribution in [2.24, 2.45) is 5.92 Å². The number of esters is 1. The summed E-state index contributed by atoms with van der Waals surface area (Å²) in [7, 11) is 0. The number of likely N-dealkylation sites (tertiary alicyclic amines) is 1. The maximum absolute atomic E-state index is 12.6. The number of nitrogens with zero attached hydrogens (tertiary/aromatic N) is 2. The number of hydrogen-bond acceptors (Lipinski definition) is 6. The summed E-state index contributed by atoms with van der Waals surface area (Å²) in [5.41, 5.74) is 1.53. The van der Waals surface area contributed by atoms with Crippen molar-refractivity contribution in [3.05, 3.63) is 53.0 Å². The Morgan fingerprint density at radius 2 is 2.10 bits per heavy atom. The highest BCUT2D eigenvalue weighted by Crippen LogP contribution is 2.20. The van der Waals surface area contributed by atoms with Crippen LogP contribution >= 0.6 is 11.3 Å². The molecule has 0 spiro atoms. The van der Waals surface area contributed by atoms with Crippen LogP contribution in [-0.4, -0.2) is 47.4 Å². The minimum atomic E-state index is -0.278. The third-order valence-electron chi connectivity index (χ3n) is 4.73. The number of amides is 2. The van der Waals surface area contributed by atoms with Crippen molar-refractivity contribution in [2.45, 2.75) is 26.2 Å². The fourth-order valence-corrected chi connectivity index (χ4v) is 3.96. The topological polar surface area (TPSA) is 88.6 Å². The maximum Gasteiger partial charge on any atom is 0.310 e. The van der Waals surface area contributed by atoms with E-state index in [0.717, 1.165) is 18.4 Å². The van der Waals surface area contributed by atoms with Gasteiger partial charge in [-0.25, -0.2) is 4.98 Å². The van der Waals surface area contributed by atoms with Crippen LogP contribution in [-0.2, 0) is 25.5 Å². The van der Waals surface area contributed by atoms with Crippen molar-refractivity contribution >= 4 is 40.3 Å². The van der Waals surface area contributed by atoms with Gasteiger partial charge in [-0.1, -0.05) is 30.3 Å². The number of benzene rings is 1. The first-order valence-electron chi connectivity index (χ1n) is 9.98. The third kappa shape index (κ3) is 6.25. The van der Waals surface area contributed by atoms with Crippen molar-refractivity contribution in [3.8, 4) is 0 Å². The Bertz CT molecular complexity index is 910. The fraction of sp³-hybridized carbons (Fsp3) is 0.364. The third-order valence-corrected chi connectivity index (χ3v) is 5.54. The second kappa shape index (κ2) is 10.7. The van der Waals surface area contributed by atoms with Crippen LogP contribution in [0.4, 0.5) is 5.13 Å². The van der Waals surface area contributed by atoms with Gasteiger partial charge in [0, 0.05) is 24.5 Å². The van der Waals surface area contributed by atoms with Gasteiger partial charge in [0.05, 0.1) is 24.6 Å². The normalized spacial score (nSPS) is 16.4. The summed E-state index contributed by atoms with van der Waals surface area (Å²) in [6.07, 6.45) is 4.84. The van der Waals surface area contributed by atoms with E-state index in [9.17, 15) is 14.4 Å². The quantitative estimate of drug-likeness (QED) is 0.542. The summed E-state index contributed by atoms with van der Waals surface area (Å²) in [6, 6.07) is 9.53. The Labute approximate surface area is 179 Å². The predicted molar refractivity (Wildman–Crippen MR) is 116 cm³/mol. The zero-order valence-electron chi connectivity index (χ0n) is 16.9. The molecule has 2 aromatic rings. The first kappa shape index (κ1) is 21.7. The Balaban J connectivity index is 1.51. The van der Waals surface area contributed by atoms with E-state index in [1.165, 1.54) is 17.4 Å². The minimum Gasteiger partial charge on any atom is -0.466 e. The van der Waals surface area contributed by atoms with E-state index in [2.05, 4.69) is 10.3 Å². The summed E-state index contributed by atoms with van der Waals surface area (Å²) in [6.45, 7) is 3.14. The van der Waals surface area contributed by atoms with Crippen LogP contribution in [0.15, 0.2) is 41.8 Å². The molecule has 8 heteroatoms. The number of carbonyl (C=O) groups is 3. The number of aromatic nitrogens is 1. The summed E-state index contributed by atoms with van der Waals surface area (Å²) in [5, 5.41) is 4.93. The van der Waals surface area contributed by atoms with Gasteiger partial charge in [0.1, 0.15) is 0 Å². The van der Waals surface area contributed by atoms with E-state index in [1.807, 2.05) is 30.3 Å². The van der Waals surface area contributed by atoms with Crippen LogP contribution in [0.3, 0.4) is 0 Å². The largest absolute Gasteiger partial charge is 0.466 e. The van der Waals surface area contributed by atoms with Crippen LogP contribution in [0.5, 0.6) is 0 Å². The minimum absolute atomic E-state index is 0.0730. The molecule has 7 nitrogen and oxygen atoms in total. The van der Waals surface area contributed by atoms with Crippen LogP contribution in [0.2, 0.25) is 0 Å². The fourth-order valence-electron chi connectivity index (χ4n) is 3.25. The average molecular weight is 428 g/mol. The molecule has 1 saturated heterocycles. The number of hydrogen-bond donors (Lipinski definition) is 1. The molecule has 1 aliphatic heterocycles. The lowest BCUT2D eigenvalue weighted by atomic mass is 9.98. The molecule has 0 radical (unpaired) electrons. The highest BCUT2D eigenvalue weighted by atomic mass is 32.1. The van der Waals surface area contributed by atoms with Gasteiger partial charge in [-0.15, -0.1) is 11.3 Å². The molecule has 1 aromatic heterocycles. The lowest BCUT2D eigenvalue weighted by Crippen LogP contribution is -2.43. The molecule has 1 N–H and O–H groups in total. The highest BCUT2D eigenvalue weighted by Gasteiger charge is 2.29. The number of ether oxygens (including phenoxy) is 1. The van der Waals surface area contributed by atoms with Crippen molar-refractivity contribution in [1.29, 1.82) is 0 Å². The molecule has 1 fully saturated rings. The predicted octanol–water partition coefficient (Wildman–Crippen LogP) is 3.14. The molecule has 3 rings (SSSR count). The smallest absolute Gasteiger partial charge is 0.310 e. The molecule has 30 heavy (non-hydrogen) atoms. The number of rotatable bonds is 7. The van der Waals surface area contributed by atoms with E-state index in [1.54, 1.807) is 23.3 Å². The molecule has 0 saturated carbocycles. The second-order valence-electron chi connectivity index (χ2n) is 6.98. The van der Waals surface area contributed by atoms with E-state index in [4.69, 9.17) is 4.74 Å². The van der Waals surface area contributed by atoms with Gasteiger partial charge < -0.3 is 9.64 Å². The number of nitrogens with one attached hydrogen (secondary N) is 1. The summed E-state index contributed by atoms with van der Waals surface area (Å²) < 4.78 is 5.08. The van der Waals surface area contributed by atoms with E-state index < -0.39 is 0 Å². The Hall–Kier alpha value is -3.00. The molecule has 2 heterocycles. The standard InChI is InChI=1S/C22H25N3O4S/c1-2-29-21(28)17-9-6-12-25(14-17)20(27)13-18-15-30-22(23-18)24-19(26)11-10-16-7-4-3-5-8-16/h3-5,7-8,10-11,15,17H,2,6,9,12-14H2,1H3,(H,23,24,26)/b11-10+. The Kier molecular flexibility index (Phi) is 7.73. The van der Waals surface area contributed by atoms with Crippen molar-refractivity contribution in [2.75, 3.05) is 25.0 Å². The van der Waals surface area contributed by atoms with E-state index in [-0.39, 0.29) is 30.1 Å². The van der Waals surface area contributed by atoms with Crippen LogP contribution < -0.4 is 5.32 Å². The summed E-state index contributed by atoms with van der Waals surface area (Å²) in [4.78, 5) is 42.7. The molecular weight excluding hydrogens is 402 g/mol. The first-order chi connectivity index (χ1) is 14.5. The van der Waals surface area contributed by atoms with Crippen molar-refractivity contribution in [3.63, 3.8) is 0 Å². The number of thiazole rings is 1. The van der Waals surface area contributed by atoms with E-state index >= 15 is 0 Å². The highest BCUT2D eigenvalue weighted by molar-refractivity contribution is 7.14. The van der Waals surface area contributed by atoms with E-state index in [0.29, 0.717) is 30.5 Å². The molecular formula is C22H25N3O4S. The lowest BCUT2D eigenvalue weighted by Gasteiger charge is -2.31. The first-order valence-corrected chi connectivity index (χ1v) is 10.9. The molecule has 0 aliphatic carbocycles. The van der Waals surface area contributed by atoms with Crippen LogP contribution in [0, 0.1) is 5.92 Å². The SMILES string of the molecule is CCOC(=O)C1CCCN(C(=O)Cc2csc(NC(=O)/C=C/c3ccccc3)n2)C1. The molecule has 1 unspecified atom stereocenters. The van der Waals surface area contributed by atoms with Gasteiger partial charge in [0.25, 0.3) is 0 Å². The molecule has 158 valence electrons. The van der Waals surface area contributed by atoms with Gasteiger partial charge in [-0.05, 0) is 31.4 Å². The Morgan fingerprint density at radius 3 is 2.87 bits per heavy atom. The van der Waals surface area contributed by atoms with Gasteiger partial charge in [-0.3, -0.25) is 19.7 Å². The molecule has 2 amide bonds. The number of piperidine rings is 1. The zero-order chi connectivity index (χ0) is 21.3. The number of anilines is 1. The zero-order valence-corrected chi connectivity index (χ0v) is 17.7. The second-order valence-corrected chi connectivity index (χ2v) is 7.84. The number of carbonyl (C=O) groups excluding carboxylic acids is 3. The van der Waals surface area contributed by atoms with Gasteiger partial charge >= 0.3 is 5.97 Å². The van der Waals surface area contributed by atoms with Crippen LogP contribution in [0.1, 0.15) is 31.0 Å². The molecule has 1 atom stereocenters. The average Bonchev–Trinajstić information content (AvgIpc) is 3.19. The lowest BCUT2D eigenvalue weighted by molar-refractivity contribution is -0.151. The van der Waals surface area contributed by atoms with Crippen molar-refractivity contribution in [1.82, 2.24) is 9.88 Å². The Morgan fingerprint density at radius 1 is 1.30 bits per heavy atom. The monoisotopic (exact) mass is 427 g/mol. The summed E-state index contributed by atoms with van der Waals surface area (Å²) in [5.74, 6) is -0.850. The van der Waals surface area contributed by atoms with Crippen LogP contribution in [0.25, 0.3) is 6.08 Å². The summed E-state index contributed by atoms with van der Waals surface area (Å²) >= 11 is 1.28. The van der Waals surface area contributed by atoms with Gasteiger partial charge in [0.15, 0.2) is 5.13 Å².